The first-order chi connectivity index (χ1) is 8.51. The summed E-state index contributed by atoms with van der Waals surface area (Å²) >= 11 is 5.51. The molecule has 0 amide bonds. The molecule has 0 aliphatic rings. The molecule has 0 aromatic heterocycles. The average Bonchev–Trinajstić information content (AvgIpc) is 2.28. The summed E-state index contributed by atoms with van der Waals surface area (Å²) in [5, 5.41) is 0. The van der Waals surface area contributed by atoms with Crippen LogP contribution < -0.4 is 0 Å². The minimum Gasteiger partial charge on any atom is -0.294 e. The first-order valence-corrected chi connectivity index (χ1v) is 6.44. The summed E-state index contributed by atoms with van der Waals surface area (Å²) < 4.78 is 36.9. The second kappa shape index (κ2) is 7.64. The van der Waals surface area contributed by atoms with E-state index in [1.165, 1.54) is 4.90 Å². The highest BCUT2D eigenvalue weighted by Crippen LogP contribution is 2.17. The van der Waals surface area contributed by atoms with Crippen LogP contribution in [-0.2, 0) is 6.42 Å². The highest BCUT2D eigenvalue weighted by Gasteiger charge is 2.30. The van der Waals surface area contributed by atoms with Gasteiger partial charge in [0.15, 0.2) is 0 Å². The lowest BCUT2D eigenvalue weighted by Gasteiger charge is -2.22. The third-order valence-electron chi connectivity index (χ3n) is 2.59. The van der Waals surface area contributed by atoms with Gasteiger partial charge >= 0.3 is 6.18 Å². The lowest BCUT2D eigenvalue weighted by molar-refractivity contribution is -0.145. The Morgan fingerprint density at radius 1 is 1.06 bits per heavy atom. The Bertz CT molecular complexity index is 327. The molecule has 1 rings (SSSR count). The zero-order chi connectivity index (χ0) is 13.4. The van der Waals surface area contributed by atoms with Crippen LogP contribution in [0.5, 0.6) is 0 Å². The molecule has 0 N–H and O–H groups in total. The molecule has 0 spiro atoms. The number of hydrogen-bond donors (Lipinski definition) is 0. The van der Waals surface area contributed by atoms with E-state index < -0.39 is 12.7 Å². The Hall–Kier alpha value is -0.740. The highest BCUT2D eigenvalue weighted by molar-refractivity contribution is 6.18. The molecule has 0 radical (unpaired) electrons. The van der Waals surface area contributed by atoms with E-state index in [1.54, 1.807) is 0 Å². The summed E-state index contributed by atoms with van der Waals surface area (Å²) in [5.41, 5.74) is 1.15. The van der Waals surface area contributed by atoms with Crippen LogP contribution in [-0.4, -0.2) is 36.6 Å². The van der Waals surface area contributed by atoms with Gasteiger partial charge in [-0.05, 0) is 24.9 Å². The Kier molecular flexibility index (Phi) is 6.50. The molecule has 0 atom stereocenters. The van der Waals surface area contributed by atoms with E-state index >= 15 is 0 Å². The van der Waals surface area contributed by atoms with Crippen molar-refractivity contribution in [3.8, 4) is 0 Å². The molecule has 102 valence electrons. The minimum atomic E-state index is -4.15. The van der Waals surface area contributed by atoms with Crippen molar-refractivity contribution in [2.45, 2.75) is 19.0 Å². The number of benzene rings is 1. The molecule has 1 nitrogen and oxygen atoms in total. The molecule has 0 bridgehead atoms. The molecule has 1 aromatic rings. The largest absolute Gasteiger partial charge is 0.401 e. The van der Waals surface area contributed by atoms with Crippen LogP contribution in [0.15, 0.2) is 30.3 Å². The smallest absolute Gasteiger partial charge is 0.294 e. The van der Waals surface area contributed by atoms with Crippen molar-refractivity contribution in [2.24, 2.45) is 0 Å². The zero-order valence-corrected chi connectivity index (χ0v) is 10.8. The fourth-order valence-electron chi connectivity index (χ4n) is 1.79. The van der Waals surface area contributed by atoms with E-state index in [-0.39, 0.29) is 12.4 Å². The van der Waals surface area contributed by atoms with Crippen molar-refractivity contribution in [3.63, 3.8) is 0 Å². The van der Waals surface area contributed by atoms with Crippen LogP contribution in [0, 0.1) is 0 Å². The Morgan fingerprint density at radius 3 is 2.28 bits per heavy atom. The monoisotopic (exact) mass is 279 g/mol. The quantitative estimate of drug-likeness (QED) is 0.688. The van der Waals surface area contributed by atoms with Gasteiger partial charge in [-0.25, -0.2) is 0 Å². The standard InChI is InChI=1S/C13H17ClF3N/c14-8-10-18(11-13(15,16)17)9-4-7-12-5-2-1-3-6-12/h1-3,5-6H,4,7-11H2. The summed E-state index contributed by atoms with van der Waals surface area (Å²) in [4.78, 5) is 1.36. The second-order valence-corrected chi connectivity index (χ2v) is 4.55. The molecule has 0 fully saturated rings. The van der Waals surface area contributed by atoms with Gasteiger partial charge in [-0.2, -0.15) is 13.2 Å². The Labute approximate surface area is 111 Å². The lowest BCUT2D eigenvalue weighted by atomic mass is 10.1. The van der Waals surface area contributed by atoms with Crippen molar-refractivity contribution in [3.05, 3.63) is 35.9 Å². The van der Waals surface area contributed by atoms with Crippen LogP contribution >= 0.6 is 11.6 Å². The van der Waals surface area contributed by atoms with Crippen LogP contribution in [0.25, 0.3) is 0 Å². The van der Waals surface area contributed by atoms with E-state index in [0.717, 1.165) is 12.0 Å². The maximum Gasteiger partial charge on any atom is 0.401 e. The molecule has 0 heterocycles. The van der Waals surface area contributed by atoms with Gasteiger partial charge in [0.2, 0.25) is 0 Å². The summed E-state index contributed by atoms with van der Waals surface area (Å²) in [7, 11) is 0. The van der Waals surface area contributed by atoms with Crippen LogP contribution in [0.1, 0.15) is 12.0 Å². The van der Waals surface area contributed by atoms with Gasteiger partial charge in [-0.15, -0.1) is 11.6 Å². The minimum absolute atomic E-state index is 0.224. The fraction of sp³-hybridized carbons (Fsp3) is 0.538. The highest BCUT2D eigenvalue weighted by atomic mass is 35.5. The topological polar surface area (TPSA) is 3.24 Å². The van der Waals surface area contributed by atoms with Gasteiger partial charge in [-0.1, -0.05) is 30.3 Å². The molecule has 1 aromatic carbocycles. The number of rotatable bonds is 7. The molecule has 5 heteroatoms. The molecular weight excluding hydrogens is 263 g/mol. The van der Waals surface area contributed by atoms with E-state index in [2.05, 4.69) is 0 Å². The van der Waals surface area contributed by atoms with Crippen molar-refractivity contribution in [2.75, 3.05) is 25.5 Å². The predicted octanol–water partition coefficient (Wildman–Crippen LogP) is 3.72. The summed E-state index contributed by atoms with van der Waals surface area (Å²) in [6.07, 6.45) is -2.66. The van der Waals surface area contributed by atoms with Gasteiger partial charge in [-0.3, -0.25) is 4.90 Å². The molecule has 0 unspecified atom stereocenters. The normalized spacial score (nSPS) is 12.1. The van der Waals surface area contributed by atoms with Crippen LogP contribution in [0.4, 0.5) is 13.2 Å². The van der Waals surface area contributed by atoms with Crippen molar-refractivity contribution in [1.29, 1.82) is 0 Å². The average molecular weight is 280 g/mol. The zero-order valence-electron chi connectivity index (χ0n) is 10.1. The lowest BCUT2D eigenvalue weighted by Crippen LogP contribution is -2.36. The van der Waals surface area contributed by atoms with Gasteiger partial charge in [0.25, 0.3) is 0 Å². The van der Waals surface area contributed by atoms with Gasteiger partial charge in [0, 0.05) is 12.4 Å². The summed E-state index contributed by atoms with van der Waals surface area (Å²) in [6, 6.07) is 9.75. The first-order valence-electron chi connectivity index (χ1n) is 5.90. The molecule has 0 aliphatic carbocycles. The maximum absolute atomic E-state index is 12.3. The third kappa shape index (κ3) is 6.87. The number of halogens is 4. The van der Waals surface area contributed by atoms with E-state index in [9.17, 15) is 13.2 Å². The summed E-state index contributed by atoms with van der Waals surface area (Å²) in [6.45, 7) is -0.189. The van der Waals surface area contributed by atoms with Crippen LogP contribution in [0.3, 0.4) is 0 Å². The molecular formula is C13H17ClF3N. The Balaban J connectivity index is 2.33. The van der Waals surface area contributed by atoms with Crippen LogP contribution in [0.2, 0.25) is 0 Å². The van der Waals surface area contributed by atoms with Crippen molar-refractivity contribution < 1.29 is 13.2 Å². The van der Waals surface area contributed by atoms with Gasteiger partial charge in [0.05, 0.1) is 6.54 Å². The maximum atomic E-state index is 12.3. The van der Waals surface area contributed by atoms with E-state index in [4.69, 9.17) is 11.6 Å². The van der Waals surface area contributed by atoms with Crippen molar-refractivity contribution >= 4 is 11.6 Å². The molecule has 0 saturated carbocycles. The number of hydrogen-bond acceptors (Lipinski definition) is 1. The third-order valence-corrected chi connectivity index (χ3v) is 2.76. The number of nitrogens with zero attached hydrogens (tertiary/aromatic N) is 1. The Morgan fingerprint density at radius 2 is 1.72 bits per heavy atom. The second-order valence-electron chi connectivity index (χ2n) is 4.17. The number of aryl methyl sites for hydroxylation is 1. The van der Waals surface area contributed by atoms with E-state index in [1.807, 2.05) is 30.3 Å². The van der Waals surface area contributed by atoms with Gasteiger partial charge in [0.1, 0.15) is 0 Å². The fourth-order valence-corrected chi connectivity index (χ4v) is 2.03. The number of alkyl halides is 4. The molecule has 18 heavy (non-hydrogen) atoms. The SMILES string of the molecule is FC(F)(F)CN(CCCl)CCCc1ccccc1. The predicted molar refractivity (Wildman–Crippen MR) is 68.0 cm³/mol. The first kappa shape index (κ1) is 15.3. The summed E-state index contributed by atoms with van der Waals surface area (Å²) in [5.74, 6) is 0.224. The molecule has 0 aliphatic heterocycles. The van der Waals surface area contributed by atoms with Crippen molar-refractivity contribution in [1.82, 2.24) is 4.90 Å². The molecule has 0 saturated heterocycles. The van der Waals surface area contributed by atoms with Gasteiger partial charge < -0.3 is 0 Å². The van der Waals surface area contributed by atoms with E-state index in [0.29, 0.717) is 13.0 Å².